The topological polar surface area (TPSA) is 12.9 Å². The SMILES string of the molecule is FC(F)(F)c1ccccc1-c1cccc2ccc3cccnc3c12. The molecule has 118 valence electrons. The second-order valence-electron chi connectivity index (χ2n) is 5.59. The average Bonchev–Trinajstić information content (AvgIpc) is 2.60. The molecule has 4 heteroatoms. The van der Waals surface area contributed by atoms with Gasteiger partial charge in [0.05, 0.1) is 11.1 Å². The predicted octanol–water partition coefficient (Wildman–Crippen LogP) is 6.07. The van der Waals surface area contributed by atoms with E-state index in [-0.39, 0.29) is 5.56 Å². The Morgan fingerprint density at radius 3 is 2.21 bits per heavy atom. The maximum Gasteiger partial charge on any atom is 0.417 e. The van der Waals surface area contributed by atoms with Crippen molar-refractivity contribution in [1.29, 1.82) is 0 Å². The Bertz CT molecular complexity index is 1050. The van der Waals surface area contributed by atoms with Crippen LogP contribution in [0.25, 0.3) is 32.8 Å². The van der Waals surface area contributed by atoms with Gasteiger partial charge < -0.3 is 0 Å². The summed E-state index contributed by atoms with van der Waals surface area (Å²) in [6.07, 6.45) is -2.75. The van der Waals surface area contributed by atoms with Gasteiger partial charge in [-0.15, -0.1) is 0 Å². The van der Waals surface area contributed by atoms with Gasteiger partial charge in [-0.25, -0.2) is 0 Å². The Hall–Kier alpha value is -2.88. The summed E-state index contributed by atoms with van der Waals surface area (Å²) < 4.78 is 40.3. The van der Waals surface area contributed by atoms with Crippen LogP contribution in [0.15, 0.2) is 72.9 Å². The number of hydrogen-bond donors (Lipinski definition) is 0. The van der Waals surface area contributed by atoms with Crippen LogP contribution >= 0.6 is 0 Å². The molecule has 1 heterocycles. The highest BCUT2D eigenvalue weighted by atomic mass is 19.4. The summed E-state index contributed by atoms with van der Waals surface area (Å²) in [5, 5.41) is 2.52. The van der Waals surface area contributed by atoms with E-state index in [9.17, 15) is 13.2 Å². The van der Waals surface area contributed by atoms with Crippen molar-refractivity contribution in [3.63, 3.8) is 0 Å². The molecular formula is C20H12F3N. The molecule has 0 aliphatic heterocycles. The molecule has 0 N–H and O–H groups in total. The van der Waals surface area contributed by atoms with Gasteiger partial charge >= 0.3 is 6.18 Å². The van der Waals surface area contributed by atoms with Crippen LogP contribution in [0.4, 0.5) is 13.2 Å². The lowest BCUT2D eigenvalue weighted by atomic mass is 9.93. The van der Waals surface area contributed by atoms with Crippen LogP contribution in [0, 0.1) is 0 Å². The summed E-state index contributed by atoms with van der Waals surface area (Å²) in [4.78, 5) is 4.41. The van der Waals surface area contributed by atoms with Crippen LogP contribution in [0.3, 0.4) is 0 Å². The summed E-state index contributed by atoms with van der Waals surface area (Å²) in [6.45, 7) is 0. The zero-order chi connectivity index (χ0) is 16.7. The van der Waals surface area contributed by atoms with E-state index in [4.69, 9.17) is 0 Å². The first-order valence-corrected chi connectivity index (χ1v) is 7.49. The lowest BCUT2D eigenvalue weighted by Crippen LogP contribution is -2.07. The van der Waals surface area contributed by atoms with E-state index >= 15 is 0 Å². The van der Waals surface area contributed by atoms with E-state index in [1.165, 1.54) is 12.1 Å². The van der Waals surface area contributed by atoms with Gasteiger partial charge in [0.15, 0.2) is 0 Å². The molecule has 0 aliphatic carbocycles. The van der Waals surface area contributed by atoms with Crippen molar-refractivity contribution in [2.45, 2.75) is 6.18 Å². The van der Waals surface area contributed by atoms with Crippen molar-refractivity contribution in [3.8, 4) is 11.1 Å². The van der Waals surface area contributed by atoms with Gasteiger partial charge in [-0.3, -0.25) is 4.98 Å². The minimum Gasteiger partial charge on any atom is -0.256 e. The molecule has 0 saturated carbocycles. The van der Waals surface area contributed by atoms with E-state index in [0.29, 0.717) is 11.1 Å². The standard InChI is InChI=1S/C20H12F3N/c21-20(22,23)17-9-2-1-7-15(17)16-8-3-5-13-10-11-14-6-4-12-24-19(14)18(13)16/h1-12H. The van der Waals surface area contributed by atoms with Crippen LogP contribution < -0.4 is 0 Å². The number of rotatable bonds is 1. The summed E-state index contributed by atoms with van der Waals surface area (Å²) in [6, 6.07) is 18.6. The van der Waals surface area contributed by atoms with Gasteiger partial charge in [-0.1, -0.05) is 54.6 Å². The molecule has 0 bridgehead atoms. The molecule has 3 aromatic carbocycles. The van der Waals surface area contributed by atoms with Crippen molar-refractivity contribution < 1.29 is 13.2 Å². The van der Waals surface area contributed by atoms with Gasteiger partial charge in [0.2, 0.25) is 0 Å². The molecule has 0 unspecified atom stereocenters. The third-order valence-corrected chi connectivity index (χ3v) is 4.14. The quantitative estimate of drug-likeness (QED) is 0.387. The predicted molar refractivity (Wildman–Crippen MR) is 89.7 cm³/mol. The molecule has 1 nitrogen and oxygen atoms in total. The average molecular weight is 323 g/mol. The largest absolute Gasteiger partial charge is 0.417 e. The molecule has 0 amide bonds. The zero-order valence-corrected chi connectivity index (χ0v) is 12.5. The molecule has 0 aliphatic rings. The second kappa shape index (κ2) is 5.34. The third kappa shape index (κ3) is 2.31. The molecule has 24 heavy (non-hydrogen) atoms. The molecule has 0 fully saturated rings. The molecule has 0 atom stereocenters. The highest BCUT2D eigenvalue weighted by Crippen LogP contribution is 2.40. The molecule has 4 rings (SSSR count). The molecule has 1 aromatic heterocycles. The van der Waals surface area contributed by atoms with Gasteiger partial charge in [0.25, 0.3) is 0 Å². The van der Waals surface area contributed by atoms with Crippen LogP contribution in [0.5, 0.6) is 0 Å². The highest BCUT2D eigenvalue weighted by molar-refractivity contribution is 6.12. The fourth-order valence-corrected chi connectivity index (χ4v) is 3.10. The van der Waals surface area contributed by atoms with Crippen LogP contribution in [-0.2, 0) is 6.18 Å². The summed E-state index contributed by atoms with van der Waals surface area (Å²) in [7, 11) is 0. The maximum atomic E-state index is 13.4. The summed E-state index contributed by atoms with van der Waals surface area (Å²) in [5.41, 5.74) is 0.798. The van der Waals surface area contributed by atoms with E-state index in [1.54, 1.807) is 24.4 Å². The minimum atomic E-state index is -4.41. The molecular weight excluding hydrogens is 311 g/mol. The van der Waals surface area contributed by atoms with E-state index in [1.807, 2.05) is 30.3 Å². The fraction of sp³-hybridized carbons (Fsp3) is 0.0500. The van der Waals surface area contributed by atoms with Gasteiger partial charge in [-0.05, 0) is 28.6 Å². The number of aromatic nitrogens is 1. The monoisotopic (exact) mass is 323 g/mol. The lowest BCUT2D eigenvalue weighted by Gasteiger charge is -2.15. The Balaban J connectivity index is 2.15. The van der Waals surface area contributed by atoms with E-state index < -0.39 is 11.7 Å². The molecule has 4 aromatic rings. The number of nitrogens with zero attached hydrogens (tertiary/aromatic N) is 1. The van der Waals surface area contributed by atoms with Crippen LogP contribution in [0.2, 0.25) is 0 Å². The number of fused-ring (bicyclic) bond motifs is 3. The second-order valence-corrected chi connectivity index (χ2v) is 5.59. The van der Waals surface area contributed by atoms with Crippen molar-refractivity contribution in [1.82, 2.24) is 4.98 Å². The molecule has 0 spiro atoms. The van der Waals surface area contributed by atoms with E-state index in [2.05, 4.69) is 4.98 Å². The number of hydrogen-bond acceptors (Lipinski definition) is 1. The molecule has 0 radical (unpaired) electrons. The third-order valence-electron chi connectivity index (χ3n) is 4.14. The smallest absolute Gasteiger partial charge is 0.256 e. The Labute approximate surface area is 136 Å². The van der Waals surface area contributed by atoms with Crippen molar-refractivity contribution in [3.05, 3.63) is 78.5 Å². The lowest BCUT2D eigenvalue weighted by molar-refractivity contribution is -0.137. The van der Waals surface area contributed by atoms with Crippen molar-refractivity contribution in [2.24, 2.45) is 0 Å². The first kappa shape index (κ1) is 14.7. The Morgan fingerprint density at radius 1 is 0.667 bits per heavy atom. The highest BCUT2D eigenvalue weighted by Gasteiger charge is 2.33. The van der Waals surface area contributed by atoms with E-state index in [0.717, 1.165) is 22.2 Å². The number of alkyl halides is 3. The summed E-state index contributed by atoms with van der Waals surface area (Å²) in [5.74, 6) is 0. The first-order chi connectivity index (χ1) is 11.6. The minimum absolute atomic E-state index is 0.175. The van der Waals surface area contributed by atoms with Crippen LogP contribution in [-0.4, -0.2) is 4.98 Å². The Kier molecular flexibility index (Phi) is 3.27. The number of halogens is 3. The number of pyridine rings is 1. The van der Waals surface area contributed by atoms with Crippen LogP contribution in [0.1, 0.15) is 5.56 Å². The van der Waals surface area contributed by atoms with Gasteiger partial charge in [-0.2, -0.15) is 13.2 Å². The zero-order valence-electron chi connectivity index (χ0n) is 12.5. The van der Waals surface area contributed by atoms with Crippen molar-refractivity contribution in [2.75, 3.05) is 0 Å². The molecule has 0 saturated heterocycles. The van der Waals surface area contributed by atoms with Crippen molar-refractivity contribution >= 4 is 21.7 Å². The number of benzene rings is 3. The normalized spacial score (nSPS) is 12.0. The Morgan fingerprint density at radius 2 is 1.38 bits per heavy atom. The van der Waals surface area contributed by atoms with Gasteiger partial charge in [0.1, 0.15) is 0 Å². The maximum absolute atomic E-state index is 13.4. The first-order valence-electron chi connectivity index (χ1n) is 7.49. The van der Waals surface area contributed by atoms with Gasteiger partial charge in [0, 0.05) is 17.0 Å². The fourth-order valence-electron chi connectivity index (χ4n) is 3.10. The summed E-state index contributed by atoms with van der Waals surface area (Å²) >= 11 is 0.